The maximum absolute atomic E-state index is 12.5. The molecule has 2 aromatic carbocycles. The normalized spacial score (nSPS) is 14.6. The first-order valence-corrected chi connectivity index (χ1v) is 9.92. The highest BCUT2D eigenvalue weighted by molar-refractivity contribution is 7.90. The number of amides is 1. The second-order valence-corrected chi connectivity index (χ2v) is 8.10. The van der Waals surface area contributed by atoms with E-state index in [1.807, 2.05) is 6.07 Å². The molecule has 1 heterocycles. The number of carbonyl (C=O) groups is 1. The van der Waals surface area contributed by atoms with Crippen molar-refractivity contribution in [3.63, 3.8) is 0 Å². The van der Waals surface area contributed by atoms with Gasteiger partial charge >= 0.3 is 0 Å². The van der Waals surface area contributed by atoms with Gasteiger partial charge in [0.05, 0.1) is 4.90 Å². The molecule has 0 spiro atoms. The number of sulfonamides is 1. The van der Waals surface area contributed by atoms with Crippen molar-refractivity contribution < 1.29 is 13.2 Å². The number of nitrogens with zero attached hydrogens (tertiary/aromatic N) is 1. The van der Waals surface area contributed by atoms with Crippen LogP contribution in [0.2, 0.25) is 5.02 Å². The van der Waals surface area contributed by atoms with Crippen LogP contribution in [-0.4, -0.2) is 27.4 Å². The molecule has 1 aliphatic heterocycles. The van der Waals surface area contributed by atoms with E-state index in [1.165, 1.54) is 6.07 Å². The Hall–Kier alpha value is -2.05. The second kappa shape index (κ2) is 7.06. The van der Waals surface area contributed by atoms with E-state index in [1.54, 1.807) is 37.3 Å². The molecule has 7 heteroatoms. The van der Waals surface area contributed by atoms with E-state index in [0.717, 1.165) is 31.6 Å². The number of nitrogens with one attached hydrogen (secondary N) is 1. The highest BCUT2D eigenvalue weighted by Crippen LogP contribution is 2.24. The van der Waals surface area contributed by atoms with E-state index in [9.17, 15) is 13.2 Å². The summed E-state index contributed by atoms with van der Waals surface area (Å²) in [5, 5.41) is 0.339. The van der Waals surface area contributed by atoms with Gasteiger partial charge in [0.1, 0.15) is 0 Å². The predicted molar refractivity (Wildman–Crippen MR) is 98.7 cm³/mol. The van der Waals surface area contributed by atoms with Gasteiger partial charge < -0.3 is 4.90 Å². The molecular weight excluding hydrogens is 360 g/mol. The van der Waals surface area contributed by atoms with Crippen molar-refractivity contribution in [2.75, 3.05) is 18.0 Å². The van der Waals surface area contributed by atoms with Crippen LogP contribution in [0.1, 0.15) is 28.8 Å². The number of benzene rings is 2. The quantitative estimate of drug-likeness (QED) is 0.885. The number of hydrogen-bond donors (Lipinski definition) is 1. The largest absolute Gasteiger partial charge is 0.372 e. The standard InChI is InChI=1S/C18H19ClN2O3S/c1-13-16(19)8-5-9-17(13)25(23,24)20-18(22)14-6-4-7-15(12-14)21-10-2-3-11-21/h4-9,12H,2-3,10-11H2,1H3,(H,20,22). The molecule has 3 rings (SSSR count). The Balaban J connectivity index is 1.84. The molecule has 1 aliphatic rings. The van der Waals surface area contributed by atoms with Gasteiger partial charge in [-0.05, 0) is 55.7 Å². The fourth-order valence-electron chi connectivity index (χ4n) is 2.93. The van der Waals surface area contributed by atoms with Gasteiger partial charge in [-0.25, -0.2) is 13.1 Å². The van der Waals surface area contributed by atoms with Crippen molar-refractivity contribution in [3.8, 4) is 0 Å². The average Bonchev–Trinajstić information content (AvgIpc) is 3.11. The van der Waals surface area contributed by atoms with Crippen LogP contribution in [0.3, 0.4) is 0 Å². The summed E-state index contributed by atoms with van der Waals surface area (Å²) >= 11 is 5.98. The number of anilines is 1. The van der Waals surface area contributed by atoms with E-state index in [0.29, 0.717) is 16.1 Å². The summed E-state index contributed by atoms with van der Waals surface area (Å²) in [7, 11) is -3.99. The van der Waals surface area contributed by atoms with Gasteiger partial charge in [0.15, 0.2) is 0 Å². The van der Waals surface area contributed by atoms with Crippen LogP contribution >= 0.6 is 11.6 Å². The summed E-state index contributed by atoms with van der Waals surface area (Å²) in [5.74, 6) is -0.652. The number of rotatable bonds is 4. The minimum absolute atomic E-state index is 0.00375. The highest BCUT2D eigenvalue weighted by Gasteiger charge is 2.22. The SMILES string of the molecule is Cc1c(Cl)cccc1S(=O)(=O)NC(=O)c1cccc(N2CCCC2)c1. The van der Waals surface area contributed by atoms with Gasteiger partial charge in [-0.3, -0.25) is 4.79 Å². The smallest absolute Gasteiger partial charge is 0.265 e. The molecule has 5 nitrogen and oxygen atoms in total. The lowest BCUT2D eigenvalue weighted by atomic mass is 10.2. The average molecular weight is 379 g/mol. The minimum Gasteiger partial charge on any atom is -0.372 e. The molecule has 2 aromatic rings. The molecule has 1 saturated heterocycles. The monoisotopic (exact) mass is 378 g/mol. The molecule has 1 N–H and O–H groups in total. The Kier molecular flexibility index (Phi) is 5.01. The molecule has 1 amide bonds. The van der Waals surface area contributed by atoms with Crippen molar-refractivity contribution in [2.45, 2.75) is 24.7 Å². The van der Waals surface area contributed by atoms with E-state index >= 15 is 0 Å². The van der Waals surface area contributed by atoms with Crippen LogP contribution < -0.4 is 9.62 Å². The van der Waals surface area contributed by atoms with Gasteiger partial charge in [0.25, 0.3) is 15.9 Å². The minimum atomic E-state index is -3.99. The van der Waals surface area contributed by atoms with Crippen molar-refractivity contribution in [1.82, 2.24) is 4.72 Å². The number of hydrogen-bond acceptors (Lipinski definition) is 4. The Labute approximate surface area is 152 Å². The third kappa shape index (κ3) is 3.80. The van der Waals surface area contributed by atoms with Gasteiger partial charge in [-0.2, -0.15) is 0 Å². The molecule has 0 aromatic heterocycles. The van der Waals surface area contributed by atoms with E-state index < -0.39 is 15.9 Å². The number of carbonyl (C=O) groups excluding carboxylic acids is 1. The van der Waals surface area contributed by atoms with Crippen LogP contribution in [0.5, 0.6) is 0 Å². The van der Waals surface area contributed by atoms with Crippen molar-refractivity contribution >= 4 is 33.2 Å². The zero-order chi connectivity index (χ0) is 18.0. The summed E-state index contributed by atoms with van der Waals surface area (Å²) in [6.07, 6.45) is 2.25. The molecule has 0 saturated carbocycles. The fraction of sp³-hybridized carbons (Fsp3) is 0.278. The summed E-state index contributed by atoms with van der Waals surface area (Å²) in [6, 6.07) is 11.6. The van der Waals surface area contributed by atoms with E-state index in [-0.39, 0.29) is 4.90 Å². The molecule has 0 atom stereocenters. The maximum atomic E-state index is 12.5. The van der Waals surface area contributed by atoms with E-state index in [4.69, 9.17) is 11.6 Å². The van der Waals surface area contributed by atoms with Crippen molar-refractivity contribution in [3.05, 3.63) is 58.6 Å². The summed E-state index contributed by atoms with van der Waals surface area (Å²) in [5.41, 5.74) is 1.66. The first kappa shape index (κ1) is 17.8. The fourth-order valence-corrected chi connectivity index (χ4v) is 4.41. The maximum Gasteiger partial charge on any atom is 0.265 e. The van der Waals surface area contributed by atoms with Crippen molar-refractivity contribution in [1.29, 1.82) is 0 Å². The highest BCUT2D eigenvalue weighted by atomic mass is 35.5. The van der Waals surface area contributed by atoms with E-state index in [2.05, 4.69) is 9.62 Å². The molecule has 25 heavy (non-hydrogen) atoms. The predicted octanol–water partition coefficient (Wildman–Crippen LogP) is 3.37. The first-order valence-electron chi connectivity index (χ1n) is 8.06. The molecule has 0 unspecified atom stereocenters. The van der Waals surface area contributed by atoms with Crippen molar-refractivity contribution in [2.24, 2.45) is 0 Å². The van der Waals surface area contributed by atoms with Gasteiger partial charge in [0, 0.05) is 29.4 Å². The van der Waals surface area contributed by atoms with Gasteiger partial charge in [0.2, 0.25) is 0 Å². The lowest BCUT2D eigenvalue weighted by molar-refractivity contribution is 0.0981. The topological polar surface area (TPSA) is 66.5 Å². The zero-order valence-electron chi connectivity index (χ0n) is 13.8. The van der Waals surface area contributed by atoms with Gasteiger partial charge in [-0.15, -0.1) is 0 Å². The third-order valence-electron chi connectivity index (χ3n) is 4.31. The molecular formula is C18H19ClN2O3S. The van der Waals surface area contributed by atoms with Crippen LogP contribution in [-0.2, 0) is 10.0 Å². The molecule has 0 radical (unpaired) electrons. The number of halogens is 1. The Morgan fingerprint density at radius 3 is 2.52 bits per heavy atom. The van der Waals surface area contributed by atoms with Crippen LogP contribution in [0, 0.1) is 6.92 Å². The molecule has 0 aliphatic carbocycles. The Morgan fingerprint density at radius 2 is 1.80 bits per heavy atom. The third-order valence-corrected chi connectivity index (χ3v) is 6.20. The molecule has 0 bridgehead atoms. The zero-order valence-corrected chi connectivity index (χ0v) is 15.4. The van der Waals surface area contributed by atoms with Crippen LogP contribution in [0.4, 0.5) is 5.69 Å². The lowest BCUT2D eigenvalue weighted by Gasteiger charge is -2.18. The summed E-state index contributed by atoms with van der Waals surface area (Å²) < 4.78 is 27.2. The van der Waals surface area contributed by atoms with Crippen LogP contribution in [0.25, 0.3) is 0 Å². The Bertz CT molecular complexity index is 906. The molecule has 132 valence electrons. The Morgan fingerprint density at radius 1 is 1.12 bits per heavy atom. The second-order valence-electron chi connectivity index (χ2n) is 6.04. The molecule has 1 fully saturated rings. The summed E-state index contributed by atoms with van der Waals surface area (Å²) in [6.45, 7) is 3.51. The first-order chi connectivity index (χ1) is 11.9. The lowest BCUT2D eigenvalue weighted by Crippen LogP contribution is -2.31. The van der Waals surface area contributed by atoms with Crippen LogP contribution in [0.15, 0.2) is 47.4 Å². The van der Waals surface area contributed by atoms with Gasteiger partial charge in [-0.1, -0.05) is 23.7 Å². The summed E-state index contributed by atoms with van der Waals surface area (Å²) in [4.78, 5) is 14.6.